The minimum Gasteiger partial charge on any atom is -0.495 e. The van der Waals surface area contributed by atoms with Crippen LogP contribution < -0.4 is 10.1 Å². The van der Waals surface area contributed by atoms with Gasteiger partial charge >= 0.3 is 0 Å². The number of ether oxygens (including phenoxy) is 1. The number of carbonyl (C=O) groups excluding carboxylic acids is 1. The molecular formula is C18H12ClN3O2S2. The molecule has 130 valence electrons. The first-order valence-corrected chi connectivity index (χ1v) is 9.50. The summed E-state index contributed by atoms with van der Waals surface area (Å²) in [7, 11) is 1.51. The van der Waals surface area contributed by atoms with Crippen LogP contribution in [-0.2, 0) is 4.79 Å². The van der Waals surface area contributed by atoms with Crippen LogP contribution in [0.15, 0.2) is 46.7 Å². The van der Waals surface area contributed by atoms with E-state index in [1.165, 1.54) is 24.5 Å². The van der Waals surface area contributed by atoms with E-state index in [1.54, 1.807) is 29.5 Å². The summed E-state index contributed by atoms with van der Waals surface area (Å²) in [5, 5.41) is 17.0. The van der Waals surface area contributed by atoms with Gasteiger partial charge in [0.25, 0.3) is 5.91 Å². The highest BCUT2D eigenvalue weighted by Crippen LogP contribution is 2.29. The van der Waals surface area contributed by atoms with Crippen molar-refractivity contribution < 1.29 is 9.53 Å². The summed E-state index contributed by atoms with van der Waals surface area (Å²) in [5.74, 6) is -0.0244. The third kappa shape index (κ3) is 4.11. The Morgan fingerprint density at radius 3 is 2.88 bits per heavy atom. The standard InChI is InChI=1S/C18H12ClN3O2S2/c1-24-15-5-4-12(8-14(15)19)21-17(23)11(9-20)7-13-10-26-18(22-13)16-3-2-6-25-16/h2-8,10H,1H3,(H,21,23)/b11-7-. The molecule has 26 heavy (non-hydrogen) atoms. The maximum absolute atomic E-state index is 12.4. The number of hydrogen-bond acceptors (Lipinski definition) is 6. The topological polar surface area (TPSA) is 75.0 Å². The molecule has 0 fully saturated rings. The molecule has 1 N–H and O–H groups in total. The van der Waals surface area contributed by atoms with Crippen molar-refractivity contribution in [1.29, 1.82) is 5.26 Å². The molecule has 3 aromatic rings. The molecule has 5 nitrogen and oxygen atoms in total. The summed E-state index contributed by atoms with van der Waals surface area (Å²) in [4.78, 5) is 17.8. The zero-order valence-electron chi connectivity index (χ0n) is 13.5. The Bertz CT molecular complexity index is 1000. The van der Waals surface area contributed by atoms with E-state index in [0.29, 0.717) is 22.2 Å². The van der Waals surface area contributed by atoms with Crippen LogP contribution in [0.5, 0.6) is 5.75 Å². The molecule has 0 radical (unpaired) electrons. The third-order valence-corrected chi connectivity index (χ3v) is 5.52. The first-order valence-electron chi connectivity index (χ1n) is 7.37. The average Bonchev–Trinajstić information content (AvgIpc) is 3.31. The van der Waals surface area contributed by atoms with Crippen molar-refractivity contribution >= 4 is 51.9 Å². The number of thiazole rings is 1. The SMILES string of the molecule is COc1ccc(NC(=O)/C(C#N)=C\c2csc(-c3cccs3)n2)cc1Cl. The zero-order chi connectivity index (χ0) is 18.5. The number of anilines is 1. The van der Waals surface area contributed by atoms with Crippen LogP contribution in [0.3, 0.4) is 0 Å². The Hall–Kier alpha value is -2.66. The number of aromatic nitrogens is 1. The fourth-order valence-corrected chi connectivity index (χ4v) is 3.95. The molecule has 0 atom stereocenters. The Morgan fingerprint density at radius 1 is 1.38 bits per heavy atom. The van der Waals surface area contributed by atoms with E-state index in [2.05, 4.69) is 10.3 Å². The predicted octanol–water partition coefficient (Wildman–Crippen LogP) is 5.08. The van der Waals surface area contributed by atoms with Gasteiger partial charge in [0.05, 0.1) is 22.7 Å². The summed E-state index contributed by atoms with van der Waals surface area (Å²) in [5.41, 5.74) is 0.998. The number of nitriles is 1. The molecule has 1 amide bonds. The van der Waals surface area contributed by atoms with E-state index in [0.717, 1.165) is 9.88 Å². The van der Waals surface area contributed by atoms with Gasteiger partial charge in [-0.1, -0.05) is 17.7 Å². The van der Waals surface area contributed by atoms with Crippen molar-refractivity contribution in [3.8, 4) is 21.7 Å². The molecule has 2 aromatic heterocycles. The second-order valence-corrected chi connectivity index (χ2v) is 7.24. The number of halogens is 1. The van der Waals surface area contributed by atoms with Crippen LogP contribution in [0.1, 0.15) is 5.69 Å². The Balaban J connectivity index is 1.78. The average molecular weight is 402 g/mol. The minimum absolute atomic E-state index is 0.0417. The zero-order valence-corrected chi connectivity index (χ0v) is 15.9. The highest BCUT2D eigenvalue weighted by Gasteiger charge is 2.12. The highest BCUT2D eigenvalue weighted by atomic mass is 35.5. The normalized spacial score (nSPS) is 11.0. The Kier molecular flexibility index (Phi) is 5.68. The smallest absolute Gasteiger partial charge is 0.266 e. The van der Waals surface area contributed by atoms with E-state index in [1.807, 2.05) is 29.0 Å². The van der Waals surface area contributed by atoms with Crippen molar-refractivity contribution in [2.24, 2.45) is 0 Å². The first kappa shape index (κ1) is 18.1. The predicted molar refractivity (Wildman–Crippen MR) is 106 cm³/mol. The van der Waals surface area contributed by atoms with Crippen LogP contribution in [-0.4, -0.2) is 18.0 Å². The van der Waals surface area contributed by atoms with Gasteiger partial charge in [0.1, 0.15) is 22.4 Å². The third-order valence-electron chi connectivity index (χ3n) is 3.32. The largest absolute Gasteiger partial charge is 0.495 e. The van der Waals surface area contributed by atoms with Gasteiger partial charge in [-0.3, -0.25) is 4.79 Å². The van der Waals surface area contributed by atoms with Crippen molar-refractivity contribution in [2.45, 2.75) is 0 Å². The number of hydrogen-bond donors (Lipinski definition) is 1. The highest BCUT2D eigenvalue weighted by molar-refractivity contribution is 7.20. The van der Waals surface area contributed by atoms with Crippen molar-refractivity contribution in [2.75, 3.05) is 12.4 Å². The first-order chi connectivity index (χ1) is 12.6. The van der Waals surface area contributed by atoms with Gasteiger partial charge in [0, 0.05) is 11.1 Å². The molecule has 8 heteroatoms. The molecule has 3 rings (SSSR count). The number of nitrogens with zero attached hydrogens (tertiary/aromatic N) is 2. The molecule has 0 aliphatic heterocycles. The monoisotopic (exact) mass is 401 g/mol. The molecule has 0 spiro atoms. The number of benzene rings is 1. The van der Waals surface area contributed by atoms with Crippen LogP contribution in [0, 0.1) is 11.3 Å². The van der Waals surface area contributed by atoms with Crippen LogP contribution in [0.25, 0.3) is 16.0 Å². The lowest BCUT2D eigenvalue weighted by Gasteiger charge is -2.07. The molecule has 0 unspecified atom stereocenters. The number of thiophene rings is 1. The van der Waals surface area contributed by atoms with Gasteiger partial charge < -0.3 is 10.1 Å². The summed E-state index contributed by atoms with van der Waals surface area (Å²) < 4.78 is 5.07. The van der Waals surface area contributed by atoms with E-state index in [-0.39, 0.29) is 5.57 Å². The van der Waals surface area contributed by atoms with Crippen molar-refractivity contribution in [3.05, 3.63) is 57.4 Å². The number of rotatable bonds is 5. The fourth-order valence-electron chi connectivity index (χ4n) is 2.10. The van der Waals surface area contributed by atoms with Crippen LogP contribution in [0.2, 0.25) is 5.02 Å². The number of carbonyl (C=O) groups is 1. The summed E-state index contributed by atoms with van der Waals surface area (Å²) in [6, 6.07) is 10.7. The van der Waals surface area contributed by atoms with Gasteiger partial charge in [0.2, 0.25) is 0 Å². The van der Waals surface area contributed by atoms with Gasteiger partial charge in [-0.05, 0) is 35.7 Å². The Morgan fingerprint density at radius 2 is 2.23 bits per heavy atom. The van der Waals surface area contributed by atoms with E-state index < -0.39 is 5.91 Å². The van der Waals surface area contributed by atoms with Crippen LogP contribution in [0.4, 0.5) is 5.69 Å². The summed E-state index contributed by atoms with van der Waals surface area (Å²) in [6.45, 7) is 0. The summed E-state index contributed by atoms with van der Waals surface area (Å²) >= 11 is 9.09. The number of methoxy groups -OCH3 is 1. The molecule has 0 bridgehead atoms. The lowest BCUT2D eigenvalue weighted by atomic mass is 10.2. The Labute approximate surface area is 163 Å². The molecule has 0 saturated heterocycles. The molecule has 1 aromatic carbocycles. The van der Waals surface area contributed by atoms with Gasteiger partial charge in [0.15, 0.2) is 0 Å². The molecular weight excluding hydrogens is 390 g/mol. The molecule has 0 aliphatic rings. The van der Waals surface area contributed by atoms with Crippen LogP contribution >= 0.6 is 34.3 Å². The minimum atomic E-state index is -0.528. The lowest BCUT2D eigenvalue weighted by molar-refractivity contribution is -0.112. The van der Waals surface area contributed by atoms with E-state index in [9.17, 15) is 10.1 Å². The fraction of sp³-hybridized carbons (Fsp3) is 0.0556. The number of nitrogens with one attached hydrogen (secondary N) is 1. The lowest BCUT2D eigenvalue weighted by Crippen LogP contribution is -2.13. The van der Waals surface area contributed by atoms with Gasteiger partial charge in [-0.25, -0.2) is 4.98 Å². The van der Waals surface area contributed by atoms with E-state index >= 15 is 0 Å². The summed E-state index contributed by atoms with van der Waals surface area (Å²) in [6.07, 6.45) is 1.47. The van der Waals surface area contributed by atoms with Gasteiger partial charge in [-0.15, -0.1) is 22.7 Å². The maximum atomic E-state index is 12.4. The second-order valence-electron chi connectivity index (χ2n) is 5.03. The molecule has 0 aliphatic carbocycles. The number of amides is 1. The molecule has 2 heterocycles. The quantitative estimate of drug-likeness (QED) is 0.477. The van der Waals surface area contributed by atoms with Crippen molar-refractivity contribution in [1.82, 2.24) is 4.98 Å². The van der Waals surface area contributed by atoms with Crippen molar-refractivity contribution in [3.63, 3.8) is 0 Å². The maximum Gasteiger partial charge on any atom is 0.266 e. The van der Waals surface area contributed by atoms with Gasteiger partial charge in [-0.2, -0.15) is 5.26 Å². The van der Waals surface area contributed by atoms with E-state index in [4.69, 9.17) is 16.3 Å². The second kappa shape index (κ2) is 8.15. The molecule has 0 saturated carbocycles.